The summed E-state index contributed by atoms with van der Waals surface area (Å²) in [5, 5.41) is 10.7. The van der Waals surface area contributed by atoms with E-state index < -0.39 is 0 Å². The minimum absolute atomic E-state index is 0.0224. The summed E-state index contributed by atoms with van der Waals surface area (Å²) < 4.78 is 3.04. The number of fused-ring (bicyclic) bond motifs is 3. The minimum atomic E-state index is -0.305. The fourth-order valence-electron chi connectivity index (χ4n) is 2.79. The number of phenolic OH excluding ortho intramolecular Hbond substituents is 1. The van der Waals surface area contributed by atoms with Crippen LogP contribution in [0.5, 0.6) is 5.75 Å². The number of imidazole rings is 1. The van der Waals surface area contributed by atoms with E-state index in [2.05, 4.69) is 9.97 Å². The van der Waals surface area contributed by atoms with E-state index in [1.807, 2.05) is 6.92 Å². The van der Waals surface area contributed by atoms with Crippen LogP contribution in [-0.4, -0.2) is 24.0 Å². The van der Waals surface area contributed by atoms with Crippen molar-refractivity contribution < 1.29 is 5.11 Å². The third kappa shape index (κ3) is 1.92. The maximum Gasteiger partial charge on any atom is 0.299 e. The molecule has 6 nitrogen and oxygen atoms in total. The average Bonchev–Trinajstić information content (AvgIpc) is 2.98. The van der Waals surface area contributed by atoms with Crippen molar-refractivity contribution in [3.63, 3.8) is 0 Å². The molecule has 0 bridgehead atoms. The Bertz CT molecular complexity index is 1130. The molecular formula is C16H11ClN4O2. The molecule has 0 saturated heterocycles. The fraction of sp³-hybridized carbons (Fsp3) is 0.0625. The molecule has 3 heterocycles. The summed E-state index contributed by atoms with van der Waals surface area (Å²) in [5.41, 5.74) is 2.17. The van der Waals surface area contributed by atoms with Gasteiger partial charge < -0.3 is 5.11 Å². The number of benzene rings is 1. The quantitative estimate of drug-likeness (QED) is 0.583. The standard InChI is InChI=1S/C16H11ClN4O2/c1-9-11(3-2-4-18-9)21-12-7-10(17)8-13(22)14(12)20-6-5-19-15(20)16(21)23/h2-8,22H,1H3. The number of nitrogens with zero attached hydrogens (tertiary/aromatic N) is 4. The largest absolute Gasteiger partial charge is 0.506 e. The van der Waals surface area contributed by atoms with Gasteiger partial charge >= 0.3 is 0 Å². The van der Waals surface area contributed by atoms with Gasteiger partial charge in [-0.3, -0.25) is 18.7 Å². The molecule has 114 valence electrons. The second-order valence-electron chi connectivity index (χ2n) is 5.16. The van der Waals surface area contributed by atoms with Gasteiger partial charge in [0.05, 0.1) is 16.9 Å². The fourth-order valence-corrected chi connectivity index (χ4v) is 3.00. The third-order valence-corrected chi connectivity index (χ3v) is 3.99. The van der Waals surface area contributed by atoms with Crippen molar-refractivity contribution in [2.75, 3.05) is 0 Å². The third-order valence-electron chi connectivity index (χ3n) is 3.77. The van der Waals surface area contributed by atoms with E-state index in [1.54, 1.807) is 35.0 Å². The average molecular weight is 327 g/mol. The highest BCUT2D eigenvalue weighted by molar-refractivity contribution is 6.31. The zero-order valence-corrected chi connectivity index (χ0v) is 12.8. The summed E-state index contributed by atoms with van der Waals surface area (Å²) in [6.07, 6.45) is 4.81. The van der Waals surface area contributed by atoms with Gasteiger partial charge in [0, 0.05) is 29.7 Å². The van der Waals surface area contributed by atoms with Crippen LogP contribution in [0, 0.1) is 6.92 Å². The molecular weight excluding hydrogens is 316 g/mol. The molecule has 3 aromatic heterocycles. The maximum absolute atomic E-state index is 12.9. The van der Waals surface area contributed by atoms with Crippen molar-refractivity contribution in [1.82, 2.24) is 18.9 Å². The summed E-state index contributed by atoms with van der Waals surface area (Å²) in [6.45, 7) is 1.81. The second kappa shape index (κ2) is 4.82. The predicted octanol–water partition coefficient (Wildman–Crippen LogP) is 2.70. The van der Waals surface area contributed by atoms with Crippen LogP contribution in [0.4, 0.5) is 0 Å². The number of halogens is 1. The van der Waals surface area contributed by atoms with E-state index in [1.165, 1.54) is 16.8 Å². The van der Waals surface area contributed by atoms with Crippen LogP contribution in [0.3, 0.4) is 0 Å². The summed E-state index contributed by atoms with van der Waals surface area (Å²) in [5.74, 6) is -0.0224. The molecule has 0 spiro atoms. The highest BCUT2D eigenvalue weighted by atomic mass is 35.5. The first-order valence-electron chi connectivity index (χ1n) is 6.90. The van der Waals surface area contributed by atoms with Crippen molar-refractivity contribution >= 4 is 28.3 Å². The zero-order valence-electron chi connectivity index (χ0n) is 12.1. The molecule has 1 N–H and O–H groups in total. The van der Waals surface area contributed by atoms with E-state index in [9.17, 15) is 9.90 Å². The molecule has 7 heteroatoms. The van der Waals surface area contributed by atoms with Gasteiger partial charge in [-0.15, -0.1) is 0 Å². The number of aromatic hydroxyl groups is 1. The first-order chi connectivity index (χ1) is 11.1. The van der Waals surface area contributed by atoms with Crippen LogP contribution >= 0.6 is 11.6 Å². The minimum Gasteiger partial charge on any atom is -0.506 e. The van der Waals surface area contributed by atoms with Gasteiger partial charge in [-0.2, -0.15) is 0 Å². The lowest BCUT2D eigenvalue weighted by molar-refractivity contribution is 0.479. The normalized spacial score (nSPS) is 11.4. The summed E-state index contributed by atoms with van der Waals surface area (Å²) in [6, 6.07) is 6.62. The Labute approximate surface area is 135 Å². The van der Waals surface area contributed by atoms with Crippen LogP contribution in [0.25, 0.3) is 22.4 Å². The topological polar surface area (TPSA) is 72.4 Å². The first-order valence-corrected chi connectivity index (χ1v) is 7.28. The molecule has 4 aromatic rings. The van der Waals surface area contributed by atoms with E-state index in [0.717, 1.165) is 0 Å². The lowest BCUT2D eigenvalue weighted by Crippen LogP contribution is -2.22. The SMILES string of the molecule is Cc1ncccc1-n1c(=O)c2nccn2c2c(O)cc(Cl)cc21. The maximum atomic E-state index is 12.9. The van der Waals surface area contributed by atoms with Gasteiger partial charge in [0.1, 0.15) is 11.3 Å². The van der Waals surface area contributed by atoms with Gasteiger partial charge in [0.15, 0.2) is 0 Å². The summed E-state index contributed by atoms with van der Waals surface area (Å²) in [7, 11) is 0. The molecule has 1 aromatic carbocycles. The van der Waals surface area contributed by atoms with Crippen molar-refractivity contribution in [3.05, 3.63) is 63.9 Å². The molecule has 23 heavy (non-hydrogen) atoms. The molecule has 0 atom stereocenters. The predicted molar refractivity (Wildman–Crippen MR) is 87.5 cm³/mol. The smallest absolute Gasteiger partial charge is 0.299 e. The Kier molecular flexibility index (Phi) is 2.89. The number of rotatable bonds is 1. The van der Waals surface area contributed by atoms with E-state index in [0.29, 0.717) is 27.4 Å². The number of hydrogen-bond donors (Lipinski definition) is 1. The first kappa shape index (κ1) is 13.8. The monoisotopic (exact) mass is 326 g/mol. The highest BCUT2D eigenvalue weighted by Gasteiger charge is 2.17. The molecule has 0 amide bonds. The lowest BCUT2D eigenvalue weighted by Gasteiger charge is -2.14. The molecule has 0 radical (unpaired) electrons. The number of aromatic nitrogens is 4. The van der Waals surface area contributed by atoms with Gasteiger partial charge in [-0.25, -0.2) is 4.98 Å². The van der Waals surface area contributed by atoms with Crippen molar-refractivity contribution in [2.45, 2.75) is 6.92 Å². The molecule has 0 unspecified atom stereocenters. The molecule has 0 fully saturated rings. The lowest BCUT2D eigenvalue weighted by atomic mass is 10.2. The number of aryl methyl sites for hydroxylation is 1. The Morgan fingerprint density at radius 2 is 2.04 bits per heavy atom. The van der Waals surface area contributed by atoms with Gasteiger partial charge in [-0.05, 0) is 25.1 Å². The van der Waals surface area contributed by atoms with E-state index in [-0.39, 0.29) is 17.0 Å². The van der Waals surface area contributed by atoms with Crippen molar-refractivity contribution in [1.29, 1.82) is 0 Å². The number of phenols is 1. The van der Waals surface area contributed by atoms with Crippen LogP contribution in [-0.2, 0) is 0 Å². The number of pyridine rings is 1. The molecule has 0 aliphatic heterocycles. The Balaban J connectivity index is 2.33. The van der Waals surface area contributed by atoms with Gasteiger partial charge in [0.25, 0.3) is 5.56 Å². The Hall–Kier alpha value is -2.86. The van der Waals surface area contributed by atoms with Crippen LogP contribution < -0.4 is 5.56 Å². The summed E-state index contributed by atoms with van der Waals surface area (Å²) in [4.78, 5) is 21.3. The van der Waals surface area contributed by atoms with Crippen LogP contribution in [0.2, 0.25) is 5.02 Å². The van der Waals surface area contributed by atoms with E-state index >= 15 is 0 Å². The molecule has 0 aliphatic rings. The van der Waals surface area contributed by atoms with Gasteiger partial charge in [0.2, 0.25) is 5.65 Å². The zero-order chi connectivity index (χ0) is 16.1. The Morgan fingerprint density at radius 3 is 2.83 bits per heavy atom. The molecule has 0 aliphatic carbocycles. The number of hydrogen-bond acceptors (Lipinski definition) is 4. The van der Waals surface area contributed by atoms with E-state index in [4.69, 9.17) is 11.6 Å². The second-order valence-corrected chi connectivity index (χ2v) is 5.60. The molecule has 4 rings (SSSR count). The van der Waals surface area contributed by atoms with Crippen molar-refractivity contribution in [3.8, 4) is 11.4 Å². The van der Waals surface area contributed by atoms with Crippen LogP contribution in [0.1, 0.15) is 5.69 Å². The highest BCUT2D eigenvalue weighted by Crippen LogP contribution is 2.30. The molecule has 0 saturated carbocycles. The van der Waals surface area contributed by atoms with Crippen molar-refractivity contribution in [2.24, 2.45) is 0 Å². The Morgan fingerprint density at radius 1 is 1.22 bits per heavy atom. The van der Waals surface area contributed by atoms with Crippen LogP contribution in [0.15, 0.2) is 47.7 Å². The van der Waals surface area contributed by atoms with Gasteiger partial charge in [-0.1, -0.05) is 11.6 Å². The summed E-state index contributed by atoms with van der Waals surface area (Å²) >= 11 is 6.08.